The van der Waals surface area contributed by atoms with Gasteiger partial charge in [0.1, 0.15) is 17.4 Å². The SMILES string of the molecule is Cc1cc(OCc2nc3ccccc3s2)ccc1NC(=O)S. The lowest BCUT2D eigenvalue weighted by atomic mass is 10.2. The number of para-hydroxylation sites is 1. The number of aromatic nitrogens is 1. The molecule has 3 rings (SSSR count). The van der Waals surface area contributed by atoms with Gasteiger partial charge in [0.05, 0.1) is 10.2 Å². The molecule has 0 radical (unpaired) electrons. The van der Waals surface area contributed by atoms with E-state index in [1.807, 2.05) is 37.3 Å². The van der Waals surface area contributed by atoms with Gasteiger partial charge in [0.15, 0.2) is 0 Å². The first kappa shape index (κ1) is 14.9. The van der Waals surface area contributed by atoms with E-state index in [0.29, 0.717) is 6.61 Å². The summed E-state index contributed by atoms with van der Waals surface area (Å²) in [5.74, 6) is 0.744. The maximum atomic E-state index is 11.0. The lowest BCUT2D eigenvalue weighted by Crippen LogP contribution is -2.03. The molecule has 1 amide bonds. The van der Waals surface area contributed by atoms with Crippen molar-refractivity contribution in [2.45, 2.75) is 13.5 Å². The zero-order valence-corrected chi connectivity index (χ0v) is 13.6. The Morgan fingerprint density at radius 2 is 2.14 bits per heavy atom. The van der Waals surface area contributed by atoms with Crippen LogP contribution in [0.3, 0.4) is 0 Å². The van der Waals surface area contributed by atoms with E-state index < -0.39 is 0 Å². The number of rotatable bonds is 4. The minimum atomic E-state index is -0.383. The molecule has 1 N–H and O–H groups in total. The van der Waals surface area contributed by atoms with Gasteiger partial charge in [-0.05, 0) is 42.8 Å². The van der Waals surface area contributed by atoms with Crippen molar-refractivity contribution in [2.24, 2.45) is 0 Å². The Morgan fingerprint density at radius 1 is 1.32 bits per heavy atom. The summed E-state index contributed by atoms with van der Waals surface area (Å²) in [5, 5.41) is 3.20. The number of fused-ring (bicyclic) bond motifs is 1. The number of hydrogen-bond donors (Lipinski definition) is 2. The molecule has 0 atom stereocenters. The molecule has 0 spiro atoms. The van der Waals surface area contributed by atoms with E-state index in [2.05, 4.69) is 29.0 Å². The number of ether oxygens (including phenoxy) is 1. The summed E-state index contributed by atoms with van der Waals surface area (Å²) in [4.78, 5) is 15.5. The fraction of sp³-hybridized carbons (Fsp3) is 0.125. The van der Waals surface area contributed by atoms with Crippen LogP contribution in [0.4, 0.5) is 10.5 Å². The first-order valence-electron chi connectivity index (χ1n) is 6.69. The average molecular weight is 330 g/mol. The Labute approximate surface area is 137 Å². The van der Waals surface area contributed by atoms with Gasteiger partial charge in [0, 0.05) is 5.69 Å². The summed E-state index contributed by atoms with van der Waals surface area (Å²) >= 11 is 5.34. The van der Waals surface area contributed by atoms with Crippen LogP contribution < -0.4 is 10.1 Å². The van der Waals surface area contributed by atoms with Gasteiger partial charge >= 0.3 is 0 Å². The van der Waals surface area contributed by atoms with Crippen molar-refractivity contribution < 1.29 is 9.53 Å². The predicted molar refractivity (Wildman–Crippen MR) is 93.1 cm³/mol. The molecule has 0 saturated carbocycles. The third-order valence-corrected chi connectivity index (χ3v) is 4.26. The quantitative estimate of drug-likeness (QED) is 0.685. The van der Waals surface area contributed by atoms with Crippen LogP contribution in [0.2, 0.25) is 0 Å². The van der Waals surface area contributed by atoms with Crippen molar-refractivity contribution in [3.05, 3.63) is 53.0 Å². The summed E-state index contributed by atoms with van der Waals surface area (Å²) in [7, 11) is 0. The van der Waals surface area contributed by atoms with Crippen LogP contribution in [0.15, 0.2) is 42.5 Å². The molecule has 0 fully saturated rings. The fourth-order valence-electron chi connectivity index (χ4n) is 2.11. The van der Waals surface area contributed by atoms with Crippen LogP contribution in [-0.4, -0.2) is 10.2 Å². The molecule has 0 aliphatic carbocycles. The number of carbonyl (C=O) groups excluding carboxylic acids is 1. The summed E-state index contributed by atoms with van der Waals surface area (Å²) in [5.41, 5.74) is 2.64. The van der Waals surface area contributed by atoms with Gasteiger partial charge < -0.3 is 10.1 Å². The second kappa shape index (κ2) is 6.37. The summed E-state index contributed by atoms with van der Waals surface area (Å²) in [6, 6.07) is 13.5. The zero-order chi connectivity index (χ0) is 15.5. The van der Waals surface area contributed by atoms with E-state index in [-0.39, 0.29) is 5.24 Å². The molecule has 2 aromatic carbocycles. The molecule has 1 heterocycles. The summed E-state index contributed by atoms with van der Waals surface area (Å²) in [6.45, 7) is 2.33. The van der Waals surface area contributed by atoms with E-state index in [0.717, 1.165) is 32.2 Å². The van der Waals surface area contributed by atoms with E-state index in [9.17, 15) is 4.79 Å². The topological polar surface area (TPSA) is 51.2 Å². The van der Waals surface area contributed by atoms with Crippen LogP contribution in [0.1, 0.15) is 10.6 Å². The molecule has 112 valence electrons. The Hall–Kier alpha value is -2.05. The van der Waals surface area contributed by atoms with Crippen molar-refractivity contribution in [2.75, 3.05) is 5.32 Å². The Bertz CT molecular complexity index is 797. The minimum absolute atomic E-state index is 0.383. The lowest BCUT2D eigenvalue weighted by Gasteiger charge is -2.09. The number of carbonyl (C=O) groups is 1. The van der Waals surface area contributed by atoms with Gasteiger partial charge in [-0.25, -0.2) is 4.98 Å². The highest BCUT2D eigenvalue weighted by atomic mass is 32.1. The number of aryl methyl sites for hydroxylation is 1. The molecule has 0 aliphatic heterocycles. The third-order valence-electron chi connectivity index (χ3n) is 3.14. The first-order valence-corrected chi connectivity index (χ1v) is 7.96. The second-order valence-electron chi connectivity index (χ2n) is 4.77. The van der Waals surface area contributed by atoms with Gasteiger partial charge in [-0.1, -0.05) is 24.8 Å². The monoisotopic (exact) mass is 330 g/mol. The smallest absolute Gasteiger partial charge is 0.280 e. The van der Waals surface area contributed by atoms with Crippen molar-refractivity contribution in [3.63, 3.8) is 0 Å². The number of nitrogens with one attached hydrogen (secondary N) is 1. The predicted octanol–water partition coefficient (Wildman–Crippen LogP) is 4.65. The standard InChI is InChI=1S/C16H14N2O2S2/c1-10-8-11(6-7-12(10)18-16(19)21)20-9-15-17-13-4-2-3-5-14(13)22-15/h2-8H,9H2,1H3,(H2,18,19,21). The number of anilines is 1. The number of amides is 1. The summed E-state index contributed by atoms with van der Waals surface area (Å²) in [6.07, 6.45) is 0. The van der Waals surface area contributed by atoms with Crippen LogP contribution in [-0.2, 0) is 6.61 Å². The molecule has 22 heavy (non-hydrogen) atoms. The highest BCUT2D eigenvalue weighted by Gasteiger charge is 2.06. The molecule has 0 aliphatic rings. The minimum Gasteiger partial charge on any atom is -0.486 e. The second-order valence-corrected chi connectivity index (χ2v) is 6.29. The lowest BCUT2D eigenvalue weighted by molar-refractivity contribution is 0.270. The molecular weight excluding hydrogens is 316 g/mol. The van der Waals surface area contributed by atoms with E-state index in [1.54, 1.807) is 17.4 Å². The van der Waals surface area contributed by atoms with Crippen LogP contribution in [0.5, 0.6) is 5.75 Å². The fourth-order valence-corrected chi connectivity index (χ4v) is 3.11. The highest BCUT2D eigenvalue weighted by Crippen LogP contribution is 2.25. The van der Waals surface area contributed by atoms with Crippen molar-refractivity contribution in [3.8, 4) is 5.75 Å². The van der Waals surface area contributed by atoms with E-state index in [4.69, 9.17) is 4.74 Å². The summed E-state index contributed by atoms with van der Waals surface area (Å²) < 4.78 is 6.94. The van der Waals surface area contributed by atoms with E-state index >= 15 is 0 Å². The van der Waals surface area contributed by atoms with Crippen molar-refractivity contribution in [1.29, 1.82) is 0 Å². The largest absolute Gasteiger partial charge is 0.486 e. The number of benzene rings is 2. The molecule has 0 unspecified atom stereocenters. The maximum absolute atomic E-state index is 11.0. The Balaban J connectivity index is 1.70. The highest BCUT2D eigenvalue weighted by molar-refractivity contribution is 7.96. The molecule has 6 heteroatoms. The Morgan fingerprint density at radius 3 is 2.86 bits per heavy atom. The van der Waals surface area contributed by atoms with Crippen LogP contribution in [0.25, 0.3) is 10.2 Å². The van der Waals surface area contributed by atoms with Gasteiger partial charge in [-0.15, -0.1) is 11.3 Å². The molecule has 3 aromatic rings. The van der Waals surface area contributed by atoms with Gasteiger partial charge in [0.2, 0.25) is 0 Å². The third kappa shape index (κ3) is 3.40. The van der Waals surface area contributed by atoms with Crippen LogP contribution >= 0.6 is 24.0 Å². The van der Waals surface area contributed by atoms with E-state index in [1.165, 1.54) is 0 Å². The Kier molecular flexibility index (Phi) is 4.31. The number of hydrogen-bond acceptors (Lipinski definition) is 4. The molecule has 1 aromatic heterocycles. The number of nitrogens with zero attached hydrogens (tertiary/aromatic N) is 1. The maximum Gasteiger partial charge on any atom is 0.280 e. The van der Waals surface area contributed by atoms with Gasteiger partial charge in [-0.2, -0.15) is 0 Å². The number of thiol groups is 1. The molecule has 4 nitrogen and oxygen atoms in total. The zero-order valence-electron chi connectivity index (χ0n) is 11.9. The van der Waals surface area contributed by atoms with Crippen molar-refractivity contribution in [1.82, 2.24) is 4.98 Å². The normalized spacial score (nSPS) is 10.6. The molecule has 0 bridgehead atoms. The van der Waals surface area contributed by atoms with Gasteiger partial charge in [0.25, 0.3) is 5.24 Å². The van der Waals surface area contributed by atoms with Gasteiger partial charge in [-0.3, -0.25) is 4.79 Å². The molecular formula is C16H14N2O2S2. The number of thiazole rings is 1. The van der Waals surface area contributed by atoms with Crippen LogP contribution in [0, 0.1) is 6.92 Å². The first-order chi connectivity index (χ1) is 10.6. The van der Waals surface area contributed by atoms with Crippen molar-refractivity contribution >= 4 is 45.1 Å². The molecule has 0 saturated heterocycles. The average Bonchev–Trinajstić information content (AvgIpc) is 2.90.